The van der Waals surface area contributed by atoms with Crippen molar-refractivity contribution in [3.63, 3.8) is 0 Å². The van der Waals surface area contributed by atoms with Crippen molar-refractivity contribution < 1.29 is 8.42 Å². The summed E-state index contributed by atoms with van der Waals surface area (Å²) >= 11 is 0. The molecule has 126 valence electrons. The van der Waals surface area contributed by atoms with Gasteiger partial charge in [-0.1, -0.05) is 42.5 Å². The van der Waals surface area contributed by atoms with Crippen molar-refractivity contribution in [1.82, 2.24) is 14.7 Å². The molecule has 0 fully saturated rings. The molecule has 5 nitrogen and oxygen atoms in total. The van der Waals surface area contributed by atoms with Crippen molar-refractivity contribution in [1.29, 1.82) is 0 Å². The Morgan fingerprint density at radius 3 is 2.48 bits per heavy atom. The van der Waals surface area contributed by atoms with Crippen LogP contribution in [0.1, 0.15) is 18.8 Å². The lowest BCUT2D eigenvalue weighted by Gasteiger charge is -2.12. The van der Waals surface area contributed by atoms with Crippen LogP contribution in [0.3, 0.4) is 0 Å². The molecule has 0 aliphatic heterocycles. The van der Waals surface area contributed by atoms with Crippen LogP contribution in [-0.2, 0) is 10.0 Å². The van der Waals surface area contributed by atoms with Crippen LogP contribution < -0.4 is 4.72 Å². The number of aromatic nitrogens is 2. The van der Waals surface area contributed by atoms with Crippen LogP contribution in [0.5, 0.6) is 0 Å². The molecule has 0 bridgehead atoms. The van der Waals surface area contributed by atoms with Gasteiger partial charge >= 0.3 is 0 Å². The van der Waals surface area contributed by atoms with Gasteiger partial charge in [-0.25, -0.2) is 18.1 Å². The van der Waals surface area contributed by atoms with E-state index in [9.17, 15) is 8.42 Å². The fourth-order valence-corrected chi connectivity index (χ4v) is 4.11. The quantitative estimate of drug-likeness (QED) is 0.588. The van der Waals surface area contributed by atoms with Gasteiger partial charge in [0, 0.05) is 0 Å². The first-order valence-corrected chi connectivity index (χ1v) is 9.47. The fourth-order valence-electron chi connectivity index (χ4n) is 2.87. The maximum absolute atomic E-state index is 12.7. The smallest absolute Gasteiger partial charge is 0.241 e. The van der Waals surface area contributed by atoms with Gasteiger partial charge in [0.2, 0.25) is 10.0 Å². The Bertz CT molecular complexity index is 1130. The van der Waals surface area contributed by atoms with E-state index in [-0.39, 0.29) is 4.90 Å². The molecule has 0 aliphatic rings. The molecule has 6 heteroatoms. The van der Waals surface area contributed by atoms with Gasteiger partial charge in [-0.15, -0.1) is 0 Å². The summed E-state index contributed by atoms with van der Waals surface area (Å²) in [7, 11) is -3.65. The van der Waals surface area contributed by atoms with Gasteiger partial charge in [0.25, 0.3) is 0 Å². The number of sulfonamides is 1. The number of benzene rings is 3. The highest BCUT2D eigenvalue weighted by Gasteiger charge is 2.20. The maximum atomic E-state index is 12.7. The minimum Gasteiger partial charge on any atom is -0.341 e. The van der Waals surface area contributed by atoms with Crippen LogP contribution in [0.4, 0.5) is 0 Å². The summed E-state index contributed by atoms with van der Waals surface area (Å²) in [5.41, 5.74) is 1.70. The highest BCUT2D eigenvalue weighted by atomic mass is 32.2. The third kappa shape index (κ3) is 3.01. The van der Waals surface area contributed by atoms with E-state index >= 15 is 0 Å². The van der Waals surface area contributed by atoms with E-state index in [4.69, 9.17) is 0 Å². The summed E-state index contributed by atoms with van der Waals surface area (Å²) in [6, 6.07) is 19.9. The van der Waals surface area contributed by atoms with Crippen LogP contribution >= 0.6 is 0 Å². The van der Waals surface area contributed by atoms with Gasteiger partial charge in [-0.3, -0.25) is 0 Å². The average molecular weight is 351 g/mol. The monoisotopic (exact) mass is 351 g/mol. The van der Waals surface area contributed by atoms with Crippen molar-refractivity contribution in [2.75, 3.05) is 0 Å². The second-order valence-electron chi connectivity index (χ2n) is 5.99. The van der Waals surface area contributed by atoms with E-state index < -0.39 is 16.1 Å². The molecule has 0 spiro atoms. The lowest BCUT2D eigenvalue weighted by molar-refractivity contribution is 0.561. The second kappa shape index (κ2) is 5.98. The summed E-state index contributed by atoms with van der Waals surface area (Å²) in [6.45, 7) is 1.77. The Morgan fingerprint density at radius 1 is 0.960 bits per heavy atom. The Balaban J connectivity index is 1.65. The lowest BCUT2D eigenvalue weighted by atomic mass is 10.1. The highest BCUT2D eigenvalue weighted by Crippen LogP contribution is 2.21. The largest absolute Gasteiger partial charge is 0.341 e. The van der Waals surface area contributed by atoms with Crippen molar-refractivity contribution in [2.24, 2.45) is 0 Å². The third-order valence-electron chi connectivity index (χ3n) is 4.18. The molecule has 4 rings (SSSR count). The highest BCUT2D eigenvalue weighted by molar-refractivity contribution is 7.89. The topological polar surface area (TPSA) is 74.8 Å². The molecule has 1 unspecified atom stereocenters. The molecular formula is C19H17N3O2S. The van der Waals surface area contributed by atoms with Crippen LogP contribution in [0.2, 0.25) is 0 Å². The zero-order valence-electron chi connectivity index (χ0n) is 13.6. The number of hydrogen-bond donors (Lipinski definition) is 2. The fraction of sp³-hybridized carbons (Fsp3) is 0.105. The van der Waals surface area contributed by atoms with Gasteiger partial charge < -0.3 is 4.98 Å². The van der Waals surface area contributed by atoms with Crippen LogP contribution in [0.15, 0.2) is 71.6 Å². The molecule has 0 saturated heterocycles. The van der Waals surface area contributed by atoms with E-state index in [1.165, 1.54) is 0 Å². The van der Waals surface area contributed by atoms with E-state index in [0.29, 0.717) is 5.82 Å². The van der Waals surface area contributed by atoms with Crippen LogP contribution in [0.25, 0.3) is 21.8 Å². The van der Waals surface area contributed by atoms with Gasteiger partial charge in [0.05, 0.1) is 22.0 Å². The number of aromatic amines is 1. The molecule has 25 heavy (non-hydrogen) atoms. The van der Waals surface area contributed by atoms with Crippen molar-refractivity contribution >= 4 is 31.8 Å². The van der Waals surface area contributed by atoms with E-state index in [1.54, 1.807) is 19.1 Å². The van der Waals surface area contributed by atoms with Crippen molar-refractivity contribution in [2.45, 2.75) is 17.9 Å². The number of hydrogen-bond acceptors (Lipinski definition) is 3. The Kier molecular flexibility index (Phi) is 3.78. The Morgan fingerprint density at radius 2 is 1.68 bits per heavy atom. The lowest BCUT2D eigenvalue weighted by Crippen LogP contribution is -2.27. The number of nitrogens with one attached hydrogen (secondary N) is 2. The van der Waals surface area contributed by atoms with Crippen LogP contribution in [-0.4, -0.2) is 18.4 Å². The summed E-state index contributed by atoms with van der Waals surface area (Å²) in [5.74, 6) is 0.588. The average Bonchev–Trinajstić information content (AvgIpc) is 3.05. The second-order valence-corrected chi connectivity index (χ2v) is 7.71. The molecule has 1 aromatic heterocycles. The molecule has 2 N–H and O–H groups in total. The molecule has 0 radical (unpaired) electrons. The molecule has 1 heterocycles. The van der Waals surface area contributed by atoms with Gasteiger partial charge in [-0.2, -0.15) is 0 Å². The molecule has 4 aromatic rings. The Labute approximate surface area is 145 Å². The first kappa shape index (κ1) is 15.8. The minimum absolute atomic E-state index is 0.245. The zero-order chi connectivity index (χ0) is 17.4. The Hall–Kier alpha value is -2.70. The number of para-hydroxylation sites is 2. The molecule has 0 amide bonds. The number of fused-ring (bicyclic) bond motifs is 2. The first-order chi connectivity index (χ1) is 12.0. The summed E-state index contributed by atoms with van der Waals surface area (Å²) in [5, 5.41) is 1.90. The van der Waals surface area contributed by atoms with Gasteiger partial charge in [0.1, 0.15) is 5.82 Å². The number of H-pyrrole nitrogens is 1. The van der Waals surface area contributed by atoms with E-state index in [1.807, 2.05) is 54.6 Å². The van der Waals surface area contributed by atoms with E-state index in [0.717, 1.165) is 21.8 Å². The summed E-state index contributed by atoms with van der Waals surface area (Å²) < 4.78 is 28.1. The number of imidazole rings is 1. The normalized spacial score (nSPS) is 13.3. The number of rotatable bonds is 4. The molecule has 0 aliphatic carbocycles. The zero-order valence-corrected chi connectivity index (χ0v) is 14.4. The SMILES string of the molecule is CC(NS(=O)(=O)c1ccc2ccccc2c1)c1nc2ccccc2[nH]1. The van der Waals surface area contributed by atoms with E-state index in [2.05, 4.69) is 14.7 Å². The summed E-state index contributed by atoms with van der Waals surface area (Å²) in [6.07, 6.45) is 0. The first-order valence-electron chi connectivity index (χ1n) is 7.99. The molecular weight excluding hydrogens is 334 g/mol. The number of nitrogens with zero attached hydrogens (tertiary/aromatic N) is 1. The van der Waals surface area contributed by atoms with Crippen LogP contribution in [0, 0.1) is 0 Å². The van der Waals surface area contributed by atoms with Gasteiger partial charge in [0.15, 0.2) is 0 Å². The minimum atomic E-state index is -3.65. The van der Waals surface area contributed by atoms with Gasteiger partial charge in [-0.05, 0) is 42.0 Å². The maximum Gasteiger partial charge on any atom is 0.241 e. The molecule has 0 saturated carbocycles. The molecule has 1 atom stereocenters. The van der Waals surface area contributed by atoms with Crippen molar-refractivity contribution in [3.8, 4) is 0 Å². The van der Waals surface area contributed by atoms with Crippen molar-refractivity contribution in [3.05, 3.63) is 72.6 Å². The summed E-state index contributed by atoms with van der Waals surface area (Å²) in [4.78, 5) is 7.86. The standard InChI is InChI=1S/C19H17N3O2S/c1-13(19-20-17-8-4-5-9-18(17)21-19)22-25(23,24)16-11-10-14-6-2-3-7-15(14)12-16/h2-13,22H,1H3,(H,20,21). The predicted molar refractivity (Wildman–Crippen MR) is 98.8 cm³/mol. The predicted octanol–water partition coefficient (Wildman–Crippen LogP) is 3.76. The third-order valence-corrected chi connectivity index (χ3v) is 5.72. The molecule has 3 aromatic carbocycles.